The molecule has 0 N–H and O–H groups in total. The number of nitrogens with zero attached hydrogens (tertiary/aromatic N) is 1. The predicted octanol–water partition coefficient (Wildman–Crippen LogP) is 3.74. The molecule has 2 aromatic carbocycles. The molecule has 114 valence electrons. The minimum atomic E-state index is -0.504. The van der Waals surface area contributed by atoms with Crippen molar-refractivity contribution >= 4 is 11.6 Å². The first kappa shape index (κ1) is 14.6. The van der Waals surface area contributed by atoms with E-state index < -0.39 is 6.10 Å². The zero-order valence-electron chi connectivity index (χ0n) is 13.2. The van der Waals surface area contributed by atoms with Gasteiger partial charge in [-0.05, 0) is 56.5 Å². The third-order valence-electron chi connectivity index (χ3n) is 4.09. The molecule has 2 unspecified atom stereocenters. The highest BCUT2D eigenvalue weighted by Gasteiger charge is 2.33. The van der Waals surface area contributed by atoms with Gasteiger partial charge in [-0.15, -0.1) is 0 Å². The fourth-order valence-corrected chi connectivity index (χ4v) is 3.04. The highest BCUT2D eigenvalue weighted by molar-refractivity contribution is 5.99. The smallest absolute Gasteiger partial charge is 0.268 e. The molecule has 3 heteroatoms. The molecule has 0 saturated heterocycles. The summed E-state index contributed by atoms with van der Waals surface area (Å²) in [4.78, 5) is 14.7. The summed E-state index contributed by atoms with van der Waals surface area (Å²) >= 11 is 0. The van der Waals surface area contributed by atoms with Crippen molar-refractivity contribution in [3.63, 3.8) is 0 Å². The van der Waals surface area contributed by atoms with Crippen LogP contribution in [0.1, 0.15) is 25.0 Å². The average Bonchev–Trinajstić information content (AvgIpc) is 2.82. The molecule has 2 atom stereocenters. The molecule has 0 saturated carbocycles. The first-order valence-electron chi connectivity index (χ1n) is 7.70. The van der Waals surface area contributed by atoms with Gasteiger partial charge < -0.3 is 9.64 Å². The van der Waals surface area contributed by atoms with Crippen molar-refractivity contribution in [2.45, 2.75) is 39.3 Å². The third kappa shape index (κ3) is 2.71. The van der Waals surface area contributed by atoms with Gasteiger partial charge in [0.05, 0.1) is 0 Å². The quantitative estimate of drug-likeness (QED) is 0.863. The largest absolute Gasteiger partial charge is 0.481 e. The molecule has 0 aromatic heterocycles. The summed E-state index contributed by atoms with van der Waals surface area (Å²) in [6.45, 7) is 5.91. The van der Waals surface area contributed by atoms with Gasteiger partial charge in [0.25, 0.3) is 5.91 Å². The second-order valence-corrected chi connectivity index (χ2v) is 5.97. The lowest BCUT2D eigenvalue weighted by atomic mass is 10.1. The molecule has 1 amide bonds. The molecule has 22 heavy (non-hydrogen) atoms. The highest BCUT2D eigenvalue weighted by atomic mass is 16.5. The summed E-state index contributed by atoms with van der Waals surface area (Å²) in [6, 6.07) is 16.1. The van der Waals surface area contributed by atoms with Crippen molar-refractivity contribution in [3.8, 4) is 5.75 Å². The number of ether oxygens (including phenoxy) is 1. The van der Waals surface area contributed by atoms with Crippen LogP contribution in [0.5, 0.6) is 5.75 Å². The minimum absolute atomic E-state index is 0.0129. The fourth-order valence-electron chi connectivity index (χ4n) is 3.04. The van der Waals surface area contributed by atoms with E-state index in [-0.39, 0.29) is 11.9 Å². The van der Waals surface area contributed by atoms with Gasteiger partial charge in [0.1, 0.15) is 5.75 Å². The van der Waals surface area contributed by atoms with Gasteiger partial charge in [-0.1, -0.05) is 30.3 Å². The molecule has 0 fully saturated rings. The number of hydrogen-bond donors (Lipinski definition) is 0. The number of carbonyl (C=O) groups excluding carboxylic acids is 1. The van der Waals surface area contributed by atoms with Gasteiger partial charge in [0, 0.05) is 11.7 Å². The first-order valence-corrected chi connectivity index (χ1v) is 7.70. The molecular formula is C19H21NO2. The molecule has 1 aliphatic rings. The molecular weight excluding hydrogens is 274 g/mol. The van der Waals surface area contributed by atoms with E-state index in [9.17, 15) is 4.79 Å². The van der Waals surface area contributed by atoms with Crippen LogP contribution in [-0.4, -0.2) is 18.1 Å². The summed E-state index contributed by atoms with van der Waals surface area (Å²) in [7, 11) is 0. The summed E-state index contributed by atoms with van der Waals surface area (Å²) in [6.07, 6.45) is 0.398. The number of para-hydroxylation sites is 1. The average molecular weight is 295 g/mol. The number of amides is 1. The monoisotopic (exact) mass is 295 g/mol. The normalized spacial score (nSPS) is 18.0. The van der Waals surface area contributed by atoms with Crippen molar-refractivity contribution in [2.24, 2.45) is 0 Å². The molecule has 0 aliphatic carbocycles. The third-order valence-corrected chi connectivity index (χ3v) is 4.09. The maximum absolute atomic E-state index is 12.8. The highest BCUT2D eigenvalue weighted by Crippen LogP contribution is 2.32. The molecule has 0 bridgehead atoms. The van der Waals surface area contributed by atoms with E-state index in [1.165, 1.54) is 5.56 Å². The zero-order chi connectivity index (χ0) is 15.7. The van der Waals surface area contributed by atoms with Crippen LogP contribution in [0, 0.1) is 6.92 Å². The van der Waals surface area contributed by atoms with Crippen molar-refractivity contribution in [1.29, 1.82) is 0 Å². The molecule has 0 radical (unpaired) electrons. The van der Waals surface area contributed by atoms with E-state index in [2.05, 4.69) is 13.0 Å². The van der Waals surface area contributed by atoms with E-state index in [4.69, 9.17) is 4.74 Å². The Morgan fingerprint density at radius 3 is 2.77 bits per heavy atom. The Kier molecular flexibility index (Phi) is 3.88. The van der Waals surface area contributed by atoms with Gasteiger partial charge in [0.15, 0.2) is 6.10 Å². The Hall–Kier alpha value is -2.29. The van der Waals surface area contributed by atoms with Gasteiger partial charge in [-0.3, -0.25) is 4.79 Å². The maximum atomic E-state index is 12.8. The lowest BCUT2D eigenvalue weighted by Gasteiger charge is -2.26. The van der Waals surface area contributed by atoms with Crippen LogP contribution in [0.25, 0.3) is 0 Å². The van der Waals surface area contributed by atoms with Gasteiger partial charge >= 0.3 is 0 Å². The Morgan fingerprint density at radius 1 is 1.23 bits per heavy atom. The fraction of sp³-hybridized carbons (Fsp3) is 0.316. The van der Waals surface area contributed by atoms with Gasteiger partial charge in [-0.25, -0.2) is 0 Å². The Labute approximate surface area is 131 Å². The number of benzene rings is 2. The van der Waals surface area contributed by atoms with Crippen LogP contribution in [0.4, 0.5) is 5.69 Å². The number of carbonyl (C=O) groups is 1. The van der Waals surface area contributed by atoms with E-state index in [1.807, 2.05) is 61.2 Å². The summed E-state index contributed by atoms with van der Waals surface area (Å²) in [5.74, 6) is 0.750. The second-order valence-electron chi connectivity index (χ2n) is 5.97. The van der Waals surface area contributed by atoms with E-state index in [0.29, 0.717) is 0 Å². The lowest BCUT2D eigenvalue weighted by molar-refractivity contribution is -0.124. The number of fused-ring (bicyclic) bond motifs is 1. The number of hydrogen-bond acceptors (Lipinski definition) is 2. The van der Waals surface area contributed by atoms with Crippen molar-refractivity contribution in [3.05, 3.63) is 59.7 Å². The summed E-state index contributed by atoms with van der Waals surface area (Å²) < 4.78 is 5.84. The van der Waals surface area contributed by atoms with Crippen LogP contribution in [0.3, 0.4) is 0 Å². The van der Waals surface area contributed by atoms with Crippen molar-refractivity contribution < 1.29 is 9.53 Å². The van der Waals surface area contributed by atoms with Gasteiger partial charge in [0.2, 0.25) is 0 Å². The Morgan fingerprint density at radius 2 is 2.00 bits per heavy atom. The number of rotatable bonds is 3. The molecule has 3 nitrogen and oxygen atoms in total. The standard InChI is InChI=1S/C19H21NO2/c1-13-7-6-9-17(11-13)22-15(3)19(21)20-14(2)12-16-8-4-5-10-18(16)20/h4-11,14-15H,12H2,1-3H3. The van der Waals surface area contributed by atoms with E-state index >= 15 is 0 Å². The van der Waals surface area contributed by atoms with Crippen LogP contribution in [-0.2, 0) is 11.2 Å². The van der Waals surface area contributed by atoms with Crippen molar-refractivity contribution in [1.82, 2.24) is 0 Å². The lowest BCUT2D eigenvalue weighted by Crippen LogP contribution is -2.43. The maximum Gasteiger partial charge on any atom is 0.268 e. The van der Waals surface area contributed by atoms with Crippen molar-refractivity contribution in [2.75, 3.05) is 4.90 Å². The van der Waals surface area contributed by atoms with Crippen LogP contribution < -0.4 is 9.64 Å². The van der Waals surface area contributed by atoms with E-state index in [0.717, 1.165) is 23.4 Å². The van der Waals surface area contributed by atoms with E-state index in [1.54, 1.807) is 0 Å². The molecule has 0 spiro atoms. The van der Waals surface area contributed by atoms with Crippen LogP contribution in [0.2, 0.25) is 0 Å². The number of aryl methyl sites for hydroxylation is 1. The SMILES string of the molecule is Cc1cccc(OC(C)C(=O)N2c3ccccc3CC2C)c1. The summed E-state index contributed by atoms with van der Waals surface area (Å²) in [5.41, 5.74) is 3.36. The topological polar surface area (TPSA) is 29.5 Å². The Bertz CT molecular complexity index is 695. The summed E-state index contributed by atoms with van der Waals surface area (Å²) in [5, 5.41) is 0. The van der Waals surface area contributed by atoms with Crippen LogP contribution in [0.15, 0.2) is 48.5 Å². The predicted molar refractivity (Wildman–Crippen MR) is 88.4 cm³/mol. The molecule has 2 aromatic rings. The minimum Gasteiger partial charge on any atom is -0.481 e. The zero-order valence-corrected chi connectivity index (χ0v) is 13.2. The molecule has 1 heterocycles. The molecule has 3 rings (SSSR count). The van der Waals surface area contributed by atoms with Gasteiger partial charge in [-0.2, -0.15) is 0 Å². The Balaban J connectivity index is 1.79. The number of anilines is 1. The molecule has 1 aliphatic heterocycles. The second kappa shape index (κ2) is 5.84. The van der Waals surface area contributed by atoms with Crippen LogP contribution >= 0.6 is 0 Å². The first-order chi connectivity index (χ1) is 10.6.